The molecular weight excluding hydrogens is 704 g/mol. The molecule has 45 heavy (non-hydrogen) atoms. The number of aliphatic hydroxyl groups excluding tert-OH is 1. The number of anilines is 2. The first-order valence-corrected chi connectivity index (χ1v) is 19.1. The fourth-order valence-electron chi connectivity index (χ4n) is 5.02. The van der Waals surface area contributed by atoms with Crippen molar-refractivity contribution in [2.75, 3.05) is 24.7 Å². The number of rotatable bonds is 10. The second-order valence-corrected chi connectivity index (χ2v) is 16.8. The standard InChI is InChI=1S/C20H24F2N10O8P2S3/c21-8-6(1-33)37-19(32-5-28-11-16(32)29-20(24)30-17(11)34)13(8)40-42(44,45)36-2-7-12(39-41(35)43)9(22)18(38-7)31-4-27-10-14(23)25-3-26-15(10)31/h3-9,12-13,18-19,33,41H,1-2H2,(H,35,43)(H,44,45)(H2,23,25,26)(H3,24,29,30,34)/t6-,7-,8-,9+,12-,13-,18-,19-/m1/s1. The van der Waals surface area contributed by atoms with Gasteiger partial charge in [0.1, 0.15) is 36.3 Å². The van der Waals surface area contributed by atoms with Crippen LogP contribution >= 0.6 is 25.1 Å². The van der Waals surface area contributed by atoms with E-state index in [1.165, 1.54) is 28.1 Å². The van der Waals surface area contributed by atoms with Gasteiger partial charge in [-0.25, -0.2) is 28.7 Å². The monoisotopic (exact) mass is 728 g/mol. The summed E-state index contributed by atoms with van der Waals surface area (Å²) in [6, 6.07) is 0. The third kappa shape index (κ3) is 6.24. The lowest BCUT2D eigenvalue weighted by atomic mass is 10.1. The number of thiol groups is 1. The van der Waals surface area contributed by atoms with E-state index in [4.69, 9.17) is 58.1 Å². The average molecular weight is 729 g/mol. The van der Waals surface area contributed by atoms with E-state index in [0.717, 1.165) is 0 Å². The Kier molecular flexibility index (Phi) is 9.24. The van der Waals surface area contributed by atoms with E-state index in [1.54, 1.807) is 0 Å². The number of H-pyrrole nitrogens is 1. The van der Waals surface area contributed by atoms with Crippen LogP contribution in [0.1, 0.15) is 12.5 Å². The smallest absolute Gasteiger partial charge is 0.280 e. The largest absolute Gasteiger partial charge is 0.394 e. The Bertz CT molecular complexity index is 1870. The third-order valence-electron chi connectivity index (χ3n) is 6.99. The van der Waals surface area contributed by atoms with E-state index in [-0.39, 0.29) is 34.1 Å². The molecule has 0 aromatic carbocycles. The summed E-state index contributed by atoms with van der Waals surface area (Å²) in [6.07, 6.45) is -8.47. The molecule has 244 valence electrons. The van der Waals surface area contributed by atoms with E-state index in [2.05, 4.69) is 42.2 Å². The Labute approximate surface area is 266 Å². The number of ether oxygens (including phenoxy) is 2. The molecule has 0 spiro atoms. The Morgan fingerprint density at radius 2 is 1.76 bits per heavy atom. The molecule has 18 nitrogen and oxygen atoms in total. The molecule has 25 heteroatoms. The highest BCUT2D eigenvalue weighted by Crippen LogP contribution is 2.58. The van der Waals surface area contributed by atoms with Gasteiger partial charge in [-0.15, -0.1) is 0 Å². The summed E-state index contributed by atoms with van der Waals surface area (Å²) in [5, 5.41) is 9.71. The summed E-state index contributed by atoms with van der Waals surface area (Å²) in [5.74, 6) is -0.163. The molecule has 2 fully saturated rings. The second-order valence-electron chi connectivity index (χ2n) is 9.74. The first kappa shape index (κ1) is 32.7. The maximum atomic E-state index is 15.8. The number of aromatic nitrogens is 8. The van der Waals surface area contributed by atoms with Gasteiger partial charge in [0.05, 0.1) is 25.9 Å². The molecule has 0 radical (unpaired) electrons. The molecule has 2 aliphatic rings. The fraction of sp³-hybridized carbons (Fsp3) is 0.500. The molecule has 10 atom stereocenters. The molecule has 0 aliphatic carbocycles. The number of nitrogen functional groups attached to an aromatic ring is 2. The third-order valence-corrected chi connectivity index (χ3v) is 9.94. The van der Waals surface area contributed by atoms with Gasteiger partial charge >= 0.3 is 0 Å². The quantitative estimate of drug-likeness (QED) is 0.0931. The van der Waals surface area contributed by atoms with Gasteiger partial charge in [-0.2, -0.15) is 4.98 Å². The number of alkyl halides is 2. The molecule has 7 N–H and O–H groups in total. The molecule has 2 saturated heterocycles. The van der Waals surface area contributed by atoms with Gasteiger partial charge in [0.25, 0.3) is 5.56 Å². The van der Waals surface area contributed by atoms with E-state index in [1.807, 2.05) is 0 Å². The number of nitrogens with two attached hydrogens (primary N) is 2. The lowest BCUT2D eigenvalue weighted by Gasteiger charge is -2.27. The summed E-state index contributed by atoms with van der Waals surface area (Å²) in [7, 11) is -2.83. The van der Waals surface area contributed by atoms with Crippen LogP contribution in [0.4, 0.5) is 20.5 Å². The van der Waals surface area contributed by atoms with Crippen molar-refractivity contribution in [1.29, 1.82) is 0 Å². The minimum Gasteiger partial charge on any atom is -0.394 e. The van der Waals surface area contributed by atoms with Crippen LogP contribution in [0.15, 0.2) is 23.8 Å². The van der Waals surface area contributed by atoms with Crippen molar-refractivity contribution in [3.63, 3.8) is 0 Å². The molecular formula is C20H24F2N10O8P2S3. The normalized spacial score (nSPS) is 30.7. The van der Waals surface area contributed by atoms with Gasteiger partial charge < -0.3 is 44.5 Å². The summed E-state index contributed by atoms with van der Waals surface area (Å²) in [4.78, 5) is 44.5. The number of halogens is 2. The molecule has 0 amide bonds. The molecule has 6 rings (SSSR count). The zero-order valence-electron chi connectivity index (χ0n) is 22.4. The summed E-state index contributed by atoms with van der Waals surface area (Å²) in [6.45, 7) is -1.22. The van der Waals surface area contributed by atoms with Crippen LogP contribution in [-0.2, 0) is 46.7 Å². The predicted molar refractivity (Wildman–Crippen MR) is 164 cm³/mol. The Hall–Kier alpha value is -2.27. The molecule has 0 saturated carbocycles. The van der Waals surface area contributed by atoms with Crippen LogP contribution in [0.5, 0.6) is 0 Å². The molecule has 4 aromatic heterocycles. The Morgan fingerprint density at radius 1 is 1.07 bits per heavy atom. The number of hydrogen-bond donors (Lipinski definition) is 6. The second kappa shape index (κ2) is 12.7. The highest BCUT2D eigenvalue weighted by Gasteiger charge is 2.51. The van der Waals surface area contributed by atoms with Crippen molar-refractivity contribution in [3.8, 4) is 0 Å². The maximum absolute atomic E-state index is 15.8. The van der Waals surface area contributed by atoms with Gasteiger partial charge in [-0.3, -0.25) is 18.9 Å². The number of imidazole rings is 2. The van der Waals surface area contributed by atoms with Crippen LogP contribution in [0.2, 0.25) is 0 Å². The van der Waals surface area contributed by atoms with E-state index in [0.29, 0.717) is 0 Å². The van der Waals surface area contributed by atoms with Gasteiger partial charge in [0, 0.05) is 0 Å². The first-order chi connectivity index (χ1) is 21.4. The minimum absolute atomic E-state index is 0.0435. The summed E-state index contributed by atoms with van der Waals surface area (Å²) in [5.41, 5.74) is 7.39. The number of hydrogen-bond acceptors (Lipinski definition) is 16. The summed E-state index contributed by atoms with van der Waals surface area (Å²) >= 11 is 14.5. The van der Waals surface area contributed by atoms with Crippen LogP contribution in [0, 0.1) is 0 Å². The number of nitrogens with zero attached hydrogens (tertiary/aromatic N) is 7. The van der Waals surface area contributed by atoms with E-state index < -0.39 is 80.8 Å². The molecule has 6 heterocycles. The zero-order valence-corrected chi connectivity index (χ0v) is 26.8. The van der Waals surface area contributed by atoms with Crippen molar-refractivity contribution in [2.24, 2.45) is 0 Å². The van der Waals surface area contributed by atoms with Crippen molar-refractivity contribution < 1.29 is 41.8 Å². The van der Waals surface area contributed by atoms with Crippen LogP contribution in [0.25, 0.3) is 22.3 Å². The first-order valence-electron chi connectivity index (χ1n) is 12.8. The number of aliphatic hydroxyl groups is 1. The van der Waals surface area contributed by atoms with E-state index in [9.17, 15) is 14.8 Å². The van der Waals surface area contributed by atoms with Gasteiger partial charge in [-0.1, -0.05) is 12.2 Å². The Balaban J connectivity index is 1.22. The fourth-order valence-corrected chi connectivity index (χ4v) is 7.80. The zero-order chi connectivity index (χ0) is 32.2. The predicted octanol–water partition coefficient (Wildman–Crippen LogP) is 0.0269. The Morgan fingerprint density at radius 3 is 2.47 bits per heavy atom. The maximum Gasteiger partial charge on any atom is 0.280 e. The van der Waals surface area contributed by atoms with Gasteiger partial charge in [0.2, 0.25) is 11.6 Å². The van der Waals surface area contributed by atoms with Crippen molar-refractivity contribution in [3.05, 3.63) is 29.3 Å². The highest BCUT2D eigenvalue weighted by molar-refractivity contribution is 8.60. The SMILES string of the molecule is Nc1nc2c(ncn2[C@@H]2O[C@H](CO)[C@@H](F)[C@H]2OP(=S)(S)OC[C@H]2O[C@@H](n3cnc4c(N)ncnc43)[C@@H](F)[C@@H]2O[PH](O)=S)c(=O)[nH]1. The van der Waals surface area contributed by atoms with Gasteiger partial charge in [-0.05, 0) is 23.6 Å². The lowest BCUT2D eigenvalue weighted by Crippen LogP contribution is -2.33. The average Bonchev–Trinajstić information content (AvgIpc) is 3.73. The van der Waals surface area contributed by atoms with Crippen LogP contribution < -0.4 is 17.0 Å². The van der Waals surface area contributed by atoms with Crippen molar-refractivity contribution >= 4 is 82.8 Å². The number of nitrogens with one attached hydrogen (secondary N) is 1. The number of fused-ring (bicyclic) bond motifs is 2. The molecule has 2 unspecified atom stereocenters. The van der Waals surface area contributed by atoms with Crippen molar-refractivity contribution in [1.82, 2.24) is 39.0 Å². The van der Waals surface area contributed by atoms with E-state index >= 15 is 8.78 Å². The van der Waals surface area contributed by atoms with Crippen LogP contribution in [-0.4, -0.2) is 99.0 Å². The lowest BCUT2D eigenvalue weighted by molar-refractivity contribution is -0.0495. The highest BCUT2D eigenvalue weighted by atomic mass is 32.9. The minimum atomic E-state index is -3.71. The molecule has 4 aromatic rings. The van der Waals surface area contributed by atoms with Crippen molar-refractivity contribution in [2.45, 2.75) is 49.2 Å². The molecule has 0 bridgehead atoms. The van der Waals surface area contributed by atoms with Gasteiger partial charge in [0.15, 0.2) is 54.6 Å². The topological polar surface area (TPSA) is 246 Å². The van der Waals surface area contributed by atoms with Crippen LogP contribution in [0.3, 0.4) is 0 Å². The summed E-state index contributed by atoms with van der Waals surface area (Å²) < 4.78 is 62.2. The number of aromatic amines is 1. The molecule has 2 aliphatic heterocycles.